The highest BCUT2D eigenvalue weighted by Crippen LogP contribution is 2.38. The van der Waals surface area contributed by atoms with Gasteiger partial charge in [0.15, 0.2) is 0 Å². The highest BCUT2D eigenvalue weighted by atomic mass is 16.5. The second-order valence-corrected chi connectivity index (χ2v) is 5.00. The lowest BCUT2D eigenvalue weighted by Crippen LogP contribution is -2.28. The van der Waals surface area contributed by atoms with Gasteiger partial charge in [0, 0.05) is 5.56 Å². The van der Waals surface area contributed by atoms with E-state index < -0.39 is 6.10 Å². The van der Waals surface area contributed by atoms with Crippen molar-refractivity contribution in [2.45, 2.75) is 12.1 Å². The topological polar surface area (TPSA) is 47.3 Å². The molecular formula is C16H14N2O2. The number of imidazole rings is 1. The zero-order valence-corrected chi connectivity index (χ0v) is 10.8. The fourth-order valence-electron chi connectivity index (χ4n) is 2.80. The molecule has 1 aromatic heterocycles. The van der Waals surface area contributed by atoms with Crippen molar-refractivity contribution in [1.82, 2.24) is 9.55 Å². The fraction of sp³-hybridized carbons (Fsp3) is 0.188. The number of para-hydroxylation sites is 3. The normalized spacial score (nSPS) is 21.4. The first-order valence-electron chi connectivity index (χ1n) is 6.66. The molecule has 0 saturated heterocycles. The van der Waals surface area contributed by atoms with E-state index in [-0.39, 0.29) is 6.04 Å². The summed E-state index contributed by atoms with van der Waals surface area (Å²) in [6, 6.07) is 15.4. The number of hydrogen-bond donors (Lipinski definition) is 1. The standard InChI is InChI=1S/C16H14N2O2/c19-16-11-5-1-4-8-15(11)20-9-14(16)18-10-17-12-6-2-3-7-13(12)18/h1-8,10,14,16,19H,9H2. The summed E-state index contributed by atoms with van der Waals surface area (Å²) in [5, 5.41) is 10.6. The quantitative estimate of drug-likeness (QED) is 0.736. The van der Waals surface area contributed by atoms with E-state index in [0.29, 0.717) is 6.61 Å². The summed E-state index contributed by atoms with van der Waals surface area (Å²) in [6.45, 7) is 0.443. The lowest BCUT2D eigenvalue weighted by molar-refractivity contribution is 0.0588. The van der Waals surface area contributed by atoms with Crippen LogP contribution in [-0.4, -0.2) is 21.3 Å². The first kappa shape index (κ1) is 11.5. The van der Waals surface area contributed by atoms with Gasteiger partial charge < -0.3 is 14.4 Å². The number of aromatic nitrogens is 2. The summed E-state index contributed by atoms with van der Waals surface area (Å²) in [5.74, 6) is 0.765. The Morgan fingerprint density at radius 2 is 1.90 bits per heavy atom. The minimum atomic E-state index is -0.586. The molecular weight excluding hydrogens is 252 g/mol. The highest BCUT2D eigenvalue weighted by molar-refractivity contribution is 5.75. The molecule has 2 aromatic carbocycles. The minimum absolute atomic E-state index is 0.155. The van der Waals surface area contributed by atoms with Gasteiger partial charge in [0.1, 0.15) is 18.5 Å². The maximum absolute atomic E-state index is 10.6. The molecule has 0 bridgehead atoms. The molecule has 20 heavy (non-hydrogen) atoms. The molecule has 3 aromatic rings. The average Bonchev–Trinajstić information content (AvgIpc) is 2.92. The van der Waals surface area contributed by atoms with Crippen molar-refractivity contribution in [2.24, 2.45) is 0 Å². The van der Waals surface area contributed by atoms with E-state index >= 15 is 0 Å². The van der Waals surface area contributed by atoms with Crippen molar-refractivity contribution in [3.63, 3.8) is 0 Å². The largest absolute Gasteiger partial charge is 0.491 e. The Labute approximate surface area is 116 Å². The Balaban J connectivity index is 1.81. The molecule has 0 aliphatic carbocycles. The van der Waals surface area contributed by atoms with Gasteiger partial charge in [-0.2, -0.15) is 0 Å². The zero-order valence-electron chi connectivity index (χ0n) is 10.8. The van der Waals surface area contributed by atoms with E-state index in [0.717, 1.165) is 22.3 Å². The number of aliphatic hydroxyl groups excluding tert-OH is 1. The van der Waals surface area contributed by atoms with E-state index in [1.807, 2.05) is 53.1 Å². The van der Waals surface area contributed by atoms with Gasteiger partial charge in [0.25, 0.3) is 0 Å². The van der Waals surface area contributed by atoms with Crippen molar-refractivity contribution in [1.29, 1.82) is 0 Å². The molecule has 4 nitrogen and oxygen atoms in total. The van der Waals surface area contributed by atoms with Gasteiger partial charge in [-0.1, -0.05) is 30.3 Å². The molecule has 0 saturated carbocycles. The molecule has 4 rings (SSSR count). The van der Waals surface area contributed by atoms with Gasteiger partial charge >= 0.3 is 0 Å². The molecule has 0 fully saturated rings. The van der Waals surface area contributed by atoms with Crippen LogP contribution >= 0.6 is 0 Å². The Hall–Kier alpha value is -2.33. The lowest BCUT2D eigenvalue weighted by Gasteiger charge is -2.31. The number of fused-ring (bicyclic) bond motifs is 2. The van der Waals surface area contributed by atoms with Gasteiger partial charge in [-0.3, -0.25) is 0 Å². The summed E-state index contributed by atoms with van der Waals surface area (Å²) >= 11 is 0. The molecule has 0 radical (unpaired) electrons. The predicted molar refractivity (Wildman–Crippen MR) is 75.7 cm³/mol. The van der Waals surface area contributed by atoms with E-state index in [1.165, 1.54) is 0 Å². The summed E-state index contributed by atoms with van der Waals surface area (Å²) < 4.78 is 7.77. The summed E-state index contributed by atoms with van der Waals surface area (Å²) in [4.78, 5) is 4.38. The molecule has 0 spiro atoms. The molecule has 2 atom stereocenters. The maximum Gasteiger partial charge on any atom is 0.125 e. The van der Waals surface area contributed by atoms with Crippen LogP contribution in [0, 0.1) is 0 Å². The minimum Gasteiger partial charge on any atom is -0.491 e. The van der Waals surface area contributed by atoms with E-state index in [4.69, 9.17) is 4.74 Å². The highest BCUT2D eigenvalue weighted by Gasteiger charge is 2.31. The van der Waals surface area contributed by atoms with Crippen LogP contribution in [0.5, 0.6) is 5.75 Å². The summed E-state index contributed by atoms with van der Waals surface area (Å²) in [5.41, 5.74) is 2.78. The van der Waals surface area contributed by atoms with Crippen LogP contribution in [0.1, 0.15) is 17.7 Å². The van der Waals surface area contributed by atoms with Crippen LogP contribution in [0.2, 0.25) is 0 Å². The third kappa shape index (κ3) is 1.62. The smallest absolute Gasteiger partial charge is 0.125 e. The molecule has 100 valence electrons. The number of nitrogens with zero attached hydrogens (tertiary/aromatic N) is 2. The van der Waals surface area contributed by atoms with Crippen molar-refractivity contribution in [2.75, 3.05) is 6.61 Å². The number of ether oxygens (including phenoxy) is 1. The number of hydrogen-bond acceptors (Lipinski definition) is 3. The zero-order chi connectivity index (χ0) is 13.5. The van der Waals surface area contributed by atoms with Crippen molar-refractivity contribution in [3.05, 3.63) is 60.4 Å². The Kier molecular flexibility index (Phi) is 2.50. The number of benzene rings is 2. The summed E-state index contributed by atoms with van der Waals surface area (Å²) in [6.07, 6.45) is 1.19. The average molecular weight is 266 g/mol. The molecule has 4 heteroatoms. The molecule has 1 aliphatic rings. The molecule has 1 aliphatic heterocycles. The van der Waals surface area contributed by atoms with Gasteiger partial charge in [-0.15, -0.1) is 0 Å². The van der Waals surface area contributed by atoms with E-state index in [9.17, 15) is 5.11 Å². The predicted octanol–water partition coefficient (Wildman–Crippen LogP) is 2.70. The summed E-state index contributed by atoms with van der Waals surface area (Å²) in [7, 11) is 0. The third-order valence-electron chi connectivity index (χ3n) is 3.85. The molecule has 2 unspecified atom stereocenters. The first-order valence-corrected chi connectivity index (χ1v) is 6.66. The monoisotopic (exact) mass is 266 g/mol. The van der Waals surface area contributed by atoms with Crippen molar-refractivity contribution < 1.29 is 9.84 Å². The first-order chi connectivity index (χ1) is 9.84. The molecule has 1 N–H and O–H groups in total. The maximum atomic E-state index is 10.6. The van der Waals surface area contributed by atoms with Gasteiger partial charge in [-0.25, -0.2) is 4.98 Å². The Morgan fingerprint density at radius 1 is 1.10 bits per heavy atom. The van der Waals surface area contributed by atoms with Gasteiger partial charge in [-0.05, 0) is 18.2 Å². The van der Waals surface area contributed by atoms with E-state index in [2.05, 4.69) is 4.98 Å². The van der Waals surface area contributed by atoms with E-state index in [1.54, 1.807) is 6.33 Å². The second kappa shape index (κ2) is 4.35. The van der Waals surface area contributed by atoms with Gasteiger partial charge in [0.2, 0.25) is 0 Å². The number of rotatable bonds is 1. The lowest BCUT2D eigenvalue weighted by atomic mass is 9.99. The number of aliphatic hydroxyl groups is 1. The van der Waals surface area contributed by atoms with Crippen LogP contribution in [0.25, 0.3) is 11.0 Å². The Bertz CT molecular complexity index is 766. The van der Waals surface area contributed by atoms with Crippen LogP contribution < -0.4 is 4.74 Å². The SMILES string of the molecule is OC1c2ccccc2OCC1n1cnc2ccccc21. The molecule has 0 amide bonds. The third-order valence-corrected chi connectivity index (χ3v) is 3.85. The van der Waals surface area contributed by atoms with Crippen LogP contribution in [0.15, 0.2) is 54.9 Å². The fourth-order valence-corrected chi connectivity index (χ4v) is 2.80. The second-order valence-electron chi connectivity index (χ2n) is 5.00. The van der Waals surface area contributed by atoms with Crippen LogP contribution in [-0.2, 0) is 0 Å². The van der Waals surface area contributed by atoms with Crippen LogP contribution in [0.4, 0.5) is 0 Å². The molecule has 2 heterocycles. The van der Waals surface area contributed by atoms with Crippen molar-refractivity contribution >= 4 is 11.0 Å². The Morgan fingerprint density at radius 3 is 2.85 bits per heavy atom. The van der Waals surface area contributed by atoms with Crippen LogP contribution in [0.3, 0.4) is 0 Å². The van der Waals surface area contributed by atoms with Gasteiger partial charge in [0.05, 0.1) is 23.4 Å². The van der Waals surface area contributed by atoms with Crippen molar-refractivity contribution in [3.8, 4) is 5.75 Å².